The summed E-state index contributed by atoms with van der Waals surface area (Å²) in [5, 5.41) is 3.29. The van der Waals surface area contributed by atoms with Gasteiger partial charge >= 0.3 is 5.97 Å². The van der Waals surface area contributed by atoms with Crippen molar-refractivity contribution < 1.29 is 23.8 Å². The quantitative estimate of drug-likeness (QED) is 0.665. The third-order valence-corrected chi connectivity index (χ3v) is 3.98. The highest BCUT2D eigenvalue weighted by Crippen LogP contribution is 2.21. The van der Waals surface area contributed by atoms with Crippen LogP contribution in [0.25, 0.3) is 0 Å². The van der Waals surface area contributed by atoms with Crippen molar-refractivity contribution in [2.45, 2.75) is 13.3 Å². The van der Waals surface area contributed by atoms with E-state index >= 15 is 0 Å². The van der Waals surface area contributed by atoms with E-state index < -0.39 is 5.97 Å². The lowest BCUT2D eigenvalue weighted by atomic mass is 10.1. The van der Waals surface area contributed by atoms with Gasteiger partial charge in [-0.15, -0.1) is 0 Å². The SMILES string of the molecule is COc1ccc(CCNC(=O)COC(=O)COc2ccc(Cl)cc2C)cc1. The van der Waals surface area contributed by atoms with E-state index in [1.807, 2.05) is 31.2 Å². The van der Waals surface area contributed by atoms with Crippen LogP contribution in [0.4, 0.5) is 0 Å². The molecule has 0 saturated carbocycles. The van der Waals surface area contributed by atoms with Gasteiger partial charge in [0.2, 0.25) is 0 Å². The Morgan fingerprint density at radius 2 is 1.81 bits per heavy atom. The van der Waals surface area contributed by atoms with Crippen LogP contribution >= 0.6 is 11.6 Å². The molecule has 0 atom stereocenters. The highest BCUT2D eigenvalue weighted by molar-refractivity contribution is 6.30. The molecular weight excluding hydrogens is 370 g/mol. The highest BCUT2D eigenvalue weighted by atomic mass is 35.5. The third kappa shape index (κ3) is 7.19. The van der Waals surface area contributed by atoms with Gasteiger partial charge in [-0.2, -0.15) is 0 Å². The maximum absolute atomic E-state index is 11.7. The summed E-state index contributed by atoms with van der Waals surface area (Å²) in [6.07, 6.45) is 0.669. The summed E-state index contributed by atoms with van der Waals surface area (Å²) >= 11 is 5.86. The number of amides is 1. The molecule has 0 spiro atoms. The molecule has 6 nitrogen and oxygen atoms in total. The number of esters is 1. The first-order chi connectivity index (χ1) is 13.0. The number of hydrogen-bond donors (Lipinski definition) is 1. The van der Waals surface area contributed by atoms with Crippen LogP contribution in [0.3, 0.4) is 0 Å². The van der Waals surface area contributed by atoms with Gasteiger partial charge in [0.25, 0.3) is 5.91 Å². The Bertz CT molecular complexity index is 776. The number of carbonyl (C=O) groups excluding carboxylic acids is 2. The van der Waals surface area contributed by atoms with E-state index in [1.54, 1.807) is 25.3 Å². The van der Waals surface area contributed by atoms with Gasteiger partial charge < -0.3 is 19.5 Å². The van der Waals surface area contributed by atoms with Crippen molar-refractivity contribution in [3.05, 3.63) is 58.6 Å². The summed E-state index contributed by atoms with van der Waals surface area (Å²) in [5.74, 6) is 0.347. The van der Waals surface area contributed by atoms with Gasteiger partial charge in [0.15, 0.2) is 13.2 Å². The second kappa shape index (κ2) is 10.4. The van der Waals surface area contributed by atoms with Crippen molar-refractivity contribution in [1.29, 1.82) is 0 Å². The van der Waals surface area contributed by atoms with Crippen LogP contribution < -0.4 is 14.8 Å². The normalized spacial score (nSPS) is 10.2. The van der Waals surface area contributed by atoms with E-state index in [9.17, 15) is 9.59 Å². The van der Waals surface area contributed by atoms with Crippen molar-refractivity contribution in [3.8, 4) is 11.5 Å². The molecule has 0 saturated heterocycles. The first kappa shape index (κ1) is 20.6. The molecule has 0 aliphatic rings. The Balaban J connectivity index is 1.63. The molecule has 1 N–H and O–H groups in total. The number of halogens is 1. The molecule has 0 aliphatic heterocycles. The summed E-state index contributed by atoms with van der Waals surface area (Å²) in [5.41, 5.74) is 1.88. The van der Waals surface area contributed by atoms with E-state index in [1.165, 1.54) is 0 Å². The van der Waals surface area contributed by atoms with Crippen molar-refractivity contribution >= 4 is 23.5 Å². The van der Waals surface area contributed by atoms with Crippen molar-refractivity contribution in [2.24, 2.45) is 0 Å². The number of methoxy groups -OCH3 is 1. The first-order valence-corrected chi connectivity index (χ1v) is 8.80. The second-order valence-electron chi connectivity index (χ2n) is 5.81. The fourth-order valence-corrected chi connectivity index (χ4v) is 2.52. The lowest BCUT2D eigenvalue weighted by Crippen LogP contribution is -2.31. The molecule has 2 rings (SSSR count). The first-order valence-electron chi connectivity index (χ1n) is 8.42. The molecule has 0 bridgehead atoms. The van der Waals surface area contributed by atoms with Gasteiger partial charge in [-0.1, -0.05) is 23.7 Å². The van der Waals surface area contributed by atoms with Gasteiger partial charge in [0.1, 0.15) is 11.5 Å². The molecule has 0 radical (unpaired) electrons. The van der Waals surface area contributed by atoms with Crippen LogP contribution in [0.15, 0.2) is 42.5 Å². The fourth-order valence-electron chi connectivity index (χ4n) is 2.29. The molecule has 0 unspecified atom stereocenters. The highest BCUT2D eigenvalue weighted by Gasteiger charge is 2.09. The average Bonchev–Trinajstić information content (AvgIpc) is 2.66. The van der Waals surface area contributed by atoms with E-state index in [-0.39, 0.29) is 19.1 Å². The Morgan fingerprint density at radius 3 is 2.48 bits per heavy atom. The summed E-state index contributed by atoms with van der Waals surface area (Å²) < 4.78 is 15.4. The Labute approximate surface area is 163 Å². The lowest BCUT2D eigenvalue weighted by Gasteiger charge is -2.10. The Morgan fingerprint density at radius 1 is 1.07 bits per heavy atom. The van der Waals surface area contributed by atoms with E-state index in [0.29, 0.717) is 23.7 Å². The molecule has 0 aliphatic carbocycles. The zero-order chi connectivity index (χ0) is 19.6. The largest absolute Gasteiger partial charge is 0.497 e. The molecule has 7 heteroatoms. The molecule has 0 aromatic heterocycles. The van der Waals surface area contributed by atoms with Gasteiger partial charge in [-0.3, -0.25) is 4.79 Å². The predicted molar refractivity (Wildman–Crippen MR) is 102 cm³/mol. The van der Waals surface area contributed by atoms with Crippen LogP contribution in [0.5, 0.6) is 11.5 Å². The van der Waals surface area contributed by atoms with Crippen LogP contribution in [0, 0.1) is 6.92 Å². The number of aryl methyl sites for hydroxylation is 1. The monoisotopic (exact) mass is 391 g/mol. The summed E-state index contributed by atoms with van der Waals surface area (Å²) in [6.45, 7) is 1.65. The number of nitrogens with one attached hydrogen (secondary N) is 1. The molecule has 27 heavy (non-hydrogen) atoms. The van der Waals surface area contributed by atoms with E-state index in [0.717, 1.165) is 16.9 Å². The smallest absolute Gasteiger partial charge is 0.344 e. The van der Waals surface area contributed by atoms with Crippen LogP contribution in [0.2, 0.25) is 5.02 Å². The fraction of sp³-hybridized carbons (Fsp3) is 0.300. The van der Waals surface area contributed by atoms with Gasteiger partial charge in [-0.25, -0.2) is 4.79 Å². The van der Waals surface area contributed by atoms with E-state index in [2.05, 4.69) is 5.32 Å². The predicted octanol–water partition coefficient (Wildman–Crippen LogP) is 2.94. The molecule has 0 heterocycles. The van der Waals surface area contributed by atoms with Crippen LogP contribution in [0.1, 0.15) is 11.1 Å². The Hall–Kier alpha value is -2.73. The summed E-state index contributed by atoms with van der Waals surface area (Å²) in [4.78, 5) is 23.4. The molecular formula is C20H22ClNO5. The standard InChI is InChI=1S/C20H22ClNO5/c1-14-11-16(21)5-8-18(14)26-13-20(24)27-12-19(23)22-10-9-15-3-6-17(25-2)7-4-15/h3-8,11H,9-10,12-13H2,1-2H3,(H,22,23). The van der Waals surface area contributed by atoms with E-state index in [4.69, 9.17) is 25.8 Å². The summed E-state index contributed by atoms with van der Waals surface area (Å²) in [7, 11) is 1.61. The molecule has 2 aromatic carbocycles. The number of rotatable bonds is 9. The van der Waals surface area contributed by atoms with Crippen molar-refractivity contribution in [3.63, 3.8) is 0 Å². The Kier molecular flexibility index (Phi) is 7.95. The maximum atomic E-state index is 11.7. The number of ether oxygens (including phenoxy) is 3. The van der Waals surface area contributed by atoms with Crippen molar-refractivity contribution in [1.82, 2.24) is 5.32 Å². The number of hydrogen-bond acceptors (Lipinski definition) is 5. The minimum absolute atomic E-state index is 0.276. The minimum atomic E-state index is -0.616. The van der Waals surface area contributed by atoms with Gasteiger partial charge in [0.05, 0.1) is 7.11 Å². The molecule has 2 aromatic rings. The second-order valence-corrected chi connectivity index (χ2v) is 6.24. The lowest BCUT2D eigenvalue weighted by molar-refractivity contribution is -0.150. The molecule has 1 amide bonds. The van der Waals surface area contributed by atoms with Gasteiger partial charge in [0, 0.05) is 11.6 Å². The topological polar surface area (TPSA) is 73.9 Å². The van der Waals surface area contributed by atoms with Crippen molar-refractivity contribution in [2.75, 3.05) is 26.9 Å². The minimum Gasteiger partial charge on any atom is -0.497 e. The number of benzene rings is 2. The maximum Gasteiger partial charge on any atom is 0.344 e. The molecule has 0 fully saturated rings. The molecule has 144 valence electrons. The summed E-state index contributed by atoms with van der Waals surface area (Å²) in [6, 6.07) is 12.7. The van der Waals surface area contributed by atoms with Crippen LogP contribution in [-0.2, 0) is 20.7 Å². The zero-order valence-corrected chi connectivity index (χ0v) is 16.0. The average molecular weight is 392 g/mol. The number of carbonyl (C=O) groups is 2. The van der Waals surface area contributed by atoms with Crippen LogP contribution in [-0.4, -0.2) is 38.7 Å². The third-order valence-electron chi connectivity index (χ3n) is 3.74. The zero-order valence-electron chi connectivity index (χ0n) is 15.3. The van der Waals surface area contributed by atoms with Gasteiger partial charge in [-0.05, 0) is 54.8 Å².